The van der Waals surface area contributed by atoms with Gasteiger partial charge in [-0.1, -0.05) is 45.4 Å². The zero-order valence-corrected chi connectivity index (χ0v) is 13.3. The number of hydrogen-bond donors (Lipinski definition) is 2. The number of hydrogen-bond acceptors (Lipinski definition) is 5. The van der Waals surface area contributed by atoms with E-state index in [2.05, 4.69) is 11.7 Å². The van der Waals surface area contributed by atoms with Crippen molar-refractivity contribution in [1.29, 1.82) is 0 Å². The van der Waals surface area contributed by atoms with Gasteiger partial charge in [-0.25, -0.2) is 0 Å². The molecule has 0 amide bonds. The van der Waals surface area contributed by atoms with Crippen LogP contribution in [-0.2, 0) is 14.2 Å². The lowest BCUT2D eigenvalue weighted by molar-refractivity contribution is -0.213. The molecule has 0 aromatic carbocycles. The smallest absolute Gasteiger partial charge is 0.318 e. The van der Waals surface area contributed by atoms with E-state index >= 15 is 0 Å². The molecule has 2 atom stereocenters. The molecule has 1 unspecified atom stereocenters. The summed E-state index contributed by atoms with van der Waals surface area (Å²) in [5.74, 6) is -0.720. The molecule has 0 aliphatic carbocycles. The van der Waals surface area contributed by atoms with Crippen LogP contribution in [0.1, 0.15) is 64.7 Å². The standard InChI is InChI=1S/C16H30O5/c1-3-4-5-6-7-8-9-10-14-20-12-11-13(21-14)15(17)16(18)19-2/h13-14,17-18H,3-12H2,1-2H3/b16-15-/t13-,14?/m1/s1. The molecule has 0 aromatic heterocycles. The maximum Gasteiger partial charge on any atom is 0.318 e. The number of methoxy groups -OCH3 is 1. The summed E-state index contributed by atoms with van der Waals surface area (Å²) < 4.78 is 15.8. The highest BCUT2D eigenvalue weighted by Gasteiger charge is 2.28. The lowest BCUT2D eigenvalue weighted by atomic mass is 10.1. The van der Waals surface area contributed by atoms with Gasteiger partial charge in [0.25, 0.3) is 0 Å². The number of aliphatic hydroxyl groups is 2. The van der Waals surface area contributed by atoms with Gasteiger partial charge < -0.3 is 24.4 Å². The van der Waals surface area contributed by atoms with E-state index in [4.69, 9.17) is 9.47 Å². The Morgan fingerprint density at radius 3 is 2.43 bits per heavy atom. The molecule has 1 aliphatic heterocycles. The second-order valence-electron chi connectivity index (χ2n) is 5.52. The van der Waals surface area contributed by atoms with Crippen molar-refractivity contribution in [2.75, 3.05) is 13.7 Å². The first-order valence-electron chi connectivity index (χ1n) is 8.12. The van der Waals surface area contributed by atoms with E-state index in [0.29, 0.717) is 13.0 Å². The zero-order chi connectivity index (χ0) is 15.5. The maximum absolute atomic E-state index is 9.78. The molecule has 1 saturated heterocycles. The van der Waals surface area contributed by atoms with E-state index in [0.717, 1.165) is 12.8 Å². The predicted octanol–water partition coefficient (Wildman–Crippen LogP) is 4.19. The summed E-state index contributed by atoms with van der Waals surface area (Å²) in [6.45, 7) is 2.74. The molecular formula is C16H30O5. The van der Waals surface area contributed by atoms with Crippen molar-refractivity contribution in [2.24, 2.45) is 0 Å². The quantitative estimate of drug-likeness (QED) is 0.468. The third kappa shape index (κ3) is 7.05. The van der Waals surface area contributed by atoms with Crippen molar-refractivity contribution in [3.63, 3.8) is 0 Å². The third-order valence-electron chi connectivity index (χ3n) is 3.76. The van der Waals surface area contributed by atoms with Crippen molar-refractivity contribution >= 4 is 0 Å². The Morgan fingerprint density at radius 1 is 1.10 bits per heavy atom. The van der Waals surface area contributed by atoms with Crippen LogP contribution in [0.15, 0.2) is 11.7 Å². The maximum atomic E-state index is 9.78. The molecule has 5 heteroatoms. The van der Waals surface area contributed by atoms with Crippen LogP contribution < -0.4 is 0 Å². The Kier molecular flexibility index (Phi) is 9.26. The van der Waals surface area contributed by atoms with Crippen molar-refractivity contribution in [2.45, 2.75) is 77.1 Å². The molecule has 124 valence electrons. The Morgan fingerprint density at radius 2 is 1.76 bits per heavy atom. The van der Waals surface area contributed by atoms with Gasteiger partial charge in [-0.15, -0.1) is 0 Å². The van der Waals surface area contributed by atoms with E-state index in [-0.39, 0.29) is 12.0 Å². The van der Waals surface area contributed by atoms with Crippen LogP contribution in [0.5, 0.6) is 0 Å². The van der Waals surface area contributed by atoms with E-state index in [1.807, 2.05) is 0 Å². The summed E-state index contributed by atoms with van der Waals surface area (Å²) in [5, 5.41) is 19.1. The fraction of sp³-hybridized carbons (Fsp3) is 0.875. The van der Waals surface area contributed by atoms with E-state index in [9.17, 15) is 10.2 Å². The Bertz CT molecular complexity index is 303. The Labute approximate surface area is 127 Å². The predicted molar refractivity (Wildman–Crippen MR) is 81.1 cm³/mol. The number of aliphatic hydroxyl groups excluding tert-OH is 2. The van der Waals surface area contributed by atoms with Gasteiger partial charge in [0.05, 0.1) is 13.7 Å². The van der Waals surface area contributed by atoms with Gasteiger partial charge in [0.1, 0.15) is 6.10 Å². The Balaban J connectivity index is 2.18. The normalized spacial score (nSPS) is 23.7. The Hall–Kier alpha value is -0.940. The highest BCUT2D eigenvalue weighted by atomic mass is 16.7. The van der Waals surface area contributed by atoms with Crippen LogP contribution in [0.3, 0.4) is 0 Å². The van der Waals surface area contributed by atoms with Crippen molar-refractivity contribution < 1.29 is 24.4 Å². The molecule has 1 aliphatic rings. The van der Waals surface area contributed by atoms with Crippen LogP contribution in [0.4, 0.5) is 0 Å². The number of rotatable bonds is 10. The first-order chi connectivity index (χ1) is 10.2. The van der Waals surface area contributed by atoms with Gasteiger partial charge in [-0.05, 0) is 12.8 Å². The van der Waals surface area contributed by atoms with E-state index in [1.54, 1.807) is 0 Å². The van der Waals surface area contributed by atoms with Crippen LogP contribution in [-0.4, -0.2) is 36.3 Å². The molecule has 5 nitrogen and oxygen atoms in total. The molecule has 0 aromatic rings. The summed E-state index contributed by atoms with van der Waals surface area (Å²) in [4.78, 5) is 0. The molecule has 1 rings (SSSR count). The van der Waals surface area contributed by atoms with Crippen LogP contribution in [0.25, 0.3) is 0 Å². The summed E-state index contributed by atoms with van der Waals surface area (Å²) in [6, 6.07) is 0. The summed E-state index contributed by atoms with van der Waals surface area (Å²) in [6.07, 6.45) is 9.23. The molecule has 0 spiro atoms. The molecule has 2 N–H and O–H groups in total. The minimum Gasteiger partial charge on any atom is -0.504 e. The lowest BCUT2D eigenvalue weighted by Gasteiger charge is -2.29. The first-order valence-corrected chi connectivity index (χ1v) is 8.12. The second kappa shape index (κ2) is 10.7. The summed E-state index contributed by atoms with van der Waals surface area (Å²) in [7, 11) is 1.31. The SMILES string of the molecule is CCCCCCCCCC1OCC[C@H](/C(O)=C(\O)OC)O1. The van der Waals surface area contributed by atoms with Crippen molar-refractivity contribution in [3.8, 4) is 0 Å². The number of unbranched alkanes of at least 4 members (excludes halogenated alkanes) is 6. The second-order valence-corrected chi connectivity index (χ2v) is 5.52. The molecule has 0 radical (unpaired) electrons. The van der Waals surface area contributed by atoms with E-state index < -0.39 is 12.0 Å². The van der Waals surface area contributed by atoms with Gasteiger partial charge in [0.15, 0.2) is 6.29 Å². The minimum absolute atomic E-state index is 0.245. The molecule has 0 bridgehead atoms. The monoisotopic (exact) mass is 302 g/mol. The fourth-order valence-electron chi connectivity index (χ4n) is 2.46. The highest BCUT2D eigenvalue weighted by molar-refractivity contribution is 4.99. The number of ether oxygens (including phenoxy) is 3. The molecule has 1 heterocycles. The third-order valence-corrected chi connectivity index (χ3v) is 3.76. The van der Waals surface area contributed by atoms with Gasteiger partial charge in [0.2, 0.25) is 5.76 Å². The lowest BCUT2D eigenvalue weighted by Crippen LogP contribution is -2.34. The average Bonchev–Trinajstić information content (AvgIpc) is 2.52. The van der Waals surface area contributed by atoms with Crippen LogP contribution in [0, 0.1) is 0 Å². The largest absolute Gasteiger partial charge is 0.504 e. The summed E-state index contributed by atoms with van der Waals surface area (Å²) >= 11 is 0. The van der Waals surface area contributed by atoms with Crippen molar-refractivity contribution in [3.05, 3.63) is 11.7 Å². The summed E-state index contributed by atoms with van der Waals surface area (Å²) in [5.41, 5.74) is 0. The van der Waals surface area contributed by atoms with Gasteiger partial charge in [0, 0.05) is 6.42 Å². The topological polar surface area (TPSA) is 68.2 Å². The highest BCUT2D eigenvalue weighted by Crippen LogP contribution is 2.23. The molecule has 21 heavy (non-hydrogen) atoms. The van der Waals surface area contributed by atoms with E-state index in [1.165, 1.54) is 45.6 Å². The molecule has 0 saturated carbocycles. The van der Waals surface area contributed by atoms with Gasteiger partial charge in [-0.3, -0.25) is 0 Å². The first kappa shape index (κ1) is 18.1. The van der Waals surface area contributed by atoms with Crippen molar-refractivity contribution in [1.82, 2.24) is 0 Å². The molecular weight excluding hydrogens is 272 g/mol. The minimum atomic E-state index is -0.534. The average molecular weight is 302 g/mol. The zero-order valence-electron chi connectivity index (χ0n) is 13.3. The fourth-order valence-corrected chi connectivity index (χ4v) is 2.46. The van der Waals surface area contributed by atoms with Crippen LogP contribution >= 0.6 is 0 Å². The van der Waals surface area contributed by atoms with Gasteiger partial charge >= 0.3 is 5.95 Å². The van der Waals surface area contributed by atoms with Crippen LogP contribution in [0.2, 0.25) is 0 Å². The van der Waals surface area contributed by atoms with Gasteiger partial charge in [-0.2, -0.15) is 0 Å². The molecule has 1 fully saturated rings.